The third-order valence-corrected chi connectivity index (χ3v) is 3.65. The SMILES string of the molecule is COCCN(CCBr)C(=O)C1CCC(F)(F)CC1. The number of carbonyl (C=O) groups excluding carboxylic acids is 1. The number of hydrogen-bond acceptors (Lipinski definition) is 2. The lowest BCUT2D eigenvalue weighted by molar-refractivity contribution is -0.140. The molecule has 3 nitrogen and oxygen atoms in total. The minimum atomic E-state index is -2.58. The van der Waals surface area contributed by atoms with Crippen molar-refractivity contribution < 1.29 is 18.3 Å². The van der Waals surface area contributed by atoms with Gasteiger partial charge in [0.2, 0.25) is 11.8 Å². The van der Waals surface area contributed by atoms with E-state index in [0.29, 0.717) is 25.0 Å². The Hall–Kier alpha value is -0.230. The first kappa shape index (κ1) is 15.8. The van der Waals surface area contributed by atoms with Gasteiger partial charge in [-0.1, -0.05) is 15.9 Å². The van der Waals surface area contributed by atoms with Gasteiger partial charge in [-0.3, -0.25) is 4.79 Å². The van der Waals surface area contributed by atoms with Gasteiger partial charge >= 0.3 is 0 Å². The zero-order chi connectivity index (χ0) is 13.6. The number of hydrogen-bond donors (Lipinski definition) is 0. The molecule has 6 heteroatoms. The molecule has 0 aromatic heterocycles. The van der Waals surface area contributed by atoms with Gasteiger partial charge in [-0.25, -0.2) is 8.78 Å². The number of methoxy groups -OCH3 is 1. The van der Waals surface area contributed by atoms with Crippen LogP contribution in [0.1, 0.15) is 25.7 Å². The monoisotopic (exact) mass is 327 g/mol. The van der Waals surface area contributed by atoms with E-state index < -0.39 is 5.92 Å². The summed E-state index contributed by atoms with van der Waals surface area (Å²) in [6.07, 6.45) is 0.237. The van der Waals surface area contributed by atoms with Crippen LogP contribution in [0.4, 0.5) is 8.78 Å². The Kier molecular flexibility index (Phi) is 6.49. The van der Waals surface area contributed by atoms with Crippen molar-refractivity contribution in [2.45, 2.75) is 31.6 Å². The molecule has 1 fully saturated rings. The highest BCUT2D eigenvalue weighted by atomic mass is 79.9. The molecule has 0 heterocycles. The molecule has 1 aliphatic carbocycles. The second-order valence-electron chi connectivity index (χ2n) is 4.64. The smallest absolute Gasteiger partial charge is 0.248 e. The van der Waals surface area contributed by atoms with Crippen molar-refractivity contribution in [1.29, 1.82) is 0 Å². The van der Waals surface area contributed by atoms with E-state index in [1.54, 1.807) is 12.0 Å². The molecular weight excluding hydrogens is 308 g/mol. The highest BCUT2D eigenvalue weighted by Gasteiger charge is 2.38. The molecule has 1 amide bonds. The molecule has 0 N–H and O–H groups in total. The quantitative estimate of drug-likeness (QED) is 0.702. The highest BCUT2D eigenvalue weighted by Crippen LogP contribution is 2.36. The van der Waals surface area contributed by atoms with Gasteiger partial charge in [-0.2, -0.15) is 0 Å². The van der Waals surface area contributed by atoms with E-state index in [2.05, 4.69) is 15.9 Å². The molecule has 0 unspecified atom stereocenters. The van der Waals surface area contributed by atoms with Crippen molar-refractivity contribution >= 4 is 21.8 Å². The van der Waals surface area contributed by atoms with Gasteiger partial charge in [0.25, 0.3) is 0 Å². The highest BCUT2D eigenvalue weighted by molar-refractivity contribution is 9.09. The van der Waals surface area contributed by atoms with E-state index in [-0.39, 0.29) is 37.5 Å². The van der Waals surface area contributed by atoms with Crippen LogP contribution in [0.3, 0.4) is 0 Å². The van der Waals surface area contributed by atoms with Crippen LogP contribution in [0, 0.1) is 5.92 Å². The van der Waals surface area contributed by atoms with Crippen LogP contribution in [-0.4, -0.2) is 48.9 Å². The zero-order valence-electron chi connectivity index (χ0n) is 10.6. The predicted octanol–water partition coefficient (Wildman–Crippen LogP) is 2.68. The number of rotatable bonds is 6. The molecular formula is C12H20BrF2NO2. The predicted molar refractivity (Wildman–Crippen MR) is 69.2 cm³/mol. The van der Waals surface area contributed by atoms with Crippen molar-refractivity contribution in [1.82, 2.24) is 4.90 Å². The molecule has 1 rings (SSSR count). The fraction of sp³-hybridized carbons (Fsp3) is 0.917. The van der Waals surface area contributed by atoms with Gasteiger partial charge in [0.05, 0.1) is 6.61 Å². The van der Waals surface area contributed by atoms with Crippen LogP contribution in [0.25, 0.3) is 0 Å². The fourth-order valence-electron chi connectivity index (χ4n) is 2.18. The minimum absolute atomic E-state index is 0.0120. The van der Waals surface area contributed by atoms with Gasteiger partial charge in [-0.15, -0.1) is 0 Å². The Balaban J connectivity index is 2.50. The van der Waals surface area contributed by atoms with Gasteiger partial charge in [0, 0.05) is 44.3 Å². The third-order valence-electron chi connectivity index (χ3n) is 3.30. The first-order chi connectivity index (χ1) is 8.50. The number of alkyl halides is 3. The van der Waals surface area contributed by atoms with Crippen LogP contribution in [0.15, 0.2) is 0 Å². The van der Waals surface area contributed by atoms with E-state index in [0.717, 1.165) is 0 Å². The number of halogens is 3. The first-order valence-corrected chi connectivity index (χ1v) is 7.34. The molecule has 0 spiro atoms. The van der Waals surface area contributed by atoms with E-state index in [1.807, 2.05) is 0 Å². The first-order valence-electron chi connectivity index (χ1n) is 6.21. The Morgan fingerprint density at radius 1 is 1.39 bits per heavy atom. The molecule has 0 saturated heterocycles. The summed E-state index contributed by atoms with van der Waals surface area (Å²) in [6.45, 7) is 1.59. The fourth-order valence-corrected chi connectivity index (χ4v) is 2.61. The van der Waals surface area contributed by atoms with E-state index >= 15 is 0 Å². The number of carbonyl (C=O) groups is 1. The molecule has 1 aliphatic rings. The maximum Gasteiger partial charge on any atom is 0.248 e. The van der Waals surface area contributed by atoms with Gasteiger partial charge in [0.15, 0.2) is 0 Å². The molecule has 0 aromatic carbocycles. The summed E-state index contributed by atoms with van der Waals surface area (Å²) in [4.78, 5) is 13.9. The van der Waals surface area contributed by atoms with Gasteiger partial charge in [-0.05, 0) is 12.8 Å². The maximum absolute atomic E-state index is 13.0. The Labute approximate surface area is 115 Å². The minimum Gasteiger partial charge on any atom is -0.383 e. The molecule has 0 aliphatic heterocycles. The van der Waals surface area contributed by atoms with E-state index in [1.165, 1.54) is 0 Å². The second kappa shape index (κ2) is 7.38. The number of amides is 1. The maximum atomic E-state index is 13.0. The lowest BCUT2D eigenvalue weighted by atomic mass is 9.86. The normalized spacial score (nSPS) is 19.8. The van der Waals surface area contributed by atoms with E-state index in [9.17, 15) is 13.6 Å². The van der Waals surface area contributed by atoms with Crippen molar-refractivity contribution in [3.63, 3.8) is 0 Å². The molecule has 0 aromatic rings. The van der Waals surface area contributed by atoms with E-state index in [4.69, 9.17) is 4.74 Å². The van der Waals surface area contributed by atoms with Crippen molar-refractivity contribution in [2.75, 3.05) is 32.1 Å². The zero-order valence-corrected chi connectivity index (χ0v) is 12.2. The number of ether oxygens (including phenoxy) is 1. The summed E-state index contributed by atoms with van der Waals surface area (Å²) in [7, 11) is 1.58. The molecule has 18 heavy (non-hydrogen) atoms. The Bertz CT molecular complexity index is 267. The molecule has 0 bridgehead atoms. The largest absolute Gasteiger partial charge is 0.383 e. The van der Waals surface area contributed by atoms with Crippen LogP contribution in [-0.2, 0) is 9.53 Å². The van der Waals surface area contributed by atoms with Crippen LogP contribution in [0.2, 0.25) is 0 Å². The van der Waals surface area contributed by atoms with Crippen molar-refractivity contribution in [2.24, 2.45) is 5.92 Å². The number of nitrogens with zero attached hydrogens (tertiary/aromatic N) is 1. The van der Waals surface area contributed by atoms with Crippen LogP contribution >= 0.6 is 15.9 Å². The van der Waals surface area contributed by atoms with Crippen molar-refractivity contribution in [3.8, 4) is 0 Å². The Morgan fingerprint density at radius 2 is 2.00 bits per heavy atom. The van der Waals surface area contributed by atoms with Crippen molar-refractivity contribution in [3.05, 3.63) is 0 Å². The van der Waals surface area contributed by atoms with Crippen LogP contribution in [0.5, 0.6) is 0 Å². The van der Waals surface area contributed by atoms with Crippen LogP contribution < -0.4 is 0 Å². The summed E-state index contributed by atoms with van der Waals surface area (Å²) in [5.74, 6) is -2.84. The van der Waals surface area contributed by atoms with Gasteiger partial charge in [0.1, 0.15) is 0 Å². The lowest BCUT2D eigenvalue weighted by Crippen LogP contribution is -2.41. The summed E-state index contributed by atoms with van der Waals surface area (Å²) < 4.78 is 31.0. The third kappa shape index (κ3) is 4.80. The standard InChI is InChI=1S/C12H20BrF2NO2/c1-18-9-8-16(7-6-13)11(17)10-2-4-12(14,15)5-3-10/h10H,2-9H2,1H3. The summed E-state index contributed by atoms with van der Waals surface area (Å²) >= 11 is 3.30. The Morgan fingerprint density at radius 3 is 2.50 bits per heavy atom. The average molecular weight is 328 g/mol. The summed E-state index contributed by atoms with van der Waals surface area (Å²) in [6, 6.07) is 0. The molecule has 1 saturated carbocycles. The lowest BCUT2D eigenvalue weighted by Gasteiger charge is -2.31. The molecule has 0 radical (unpaired) electrons. The molecule has 0 atom stereocenters. The second-order valence-corrected chi connectivity index (χ2v) is 5.43. The average Bonchev–Trinajstić information content (AvgIpc) is 2.33. The topological polar surface area (TPSA) is 29.5 Å². The molecule has 106 valence electrons. The van der Waals surface area contributed by atoms with Gasteiger partial charge < -0.3 is 9.64 Å². The summed E-state index contributed by atoms with van der Waals surface area (Å²) in [5, 5.41) is 0.686. The summed E-state index contributed by atoms with van der Waals surface area (Å²) in [5.41, 5.74) is 0.